The number of anilines is 1. The summed E-state index contributed by atoms with van der Waals surface area (Å²) in [4.78, 5) is 21.9. The fourth-order valence-corrected chi connectivity index (χ4v) is 4.42. The molecule has 3 aromatic heterocycles. The first kappa shape index (κ1) is 16.0. The highest BCUT2D eigenvalue weighted by molar-refractivity contribution is 7.18. The molecule has 0 saturated heterocycles. The summed E-state index contributed by atoms with van der Waals surface area (Å²) in [7, 11) is 0. The van der Waals surface area contributed by atoms with Gasteiger partial charge in [-0.2, -0.15) is 0 Å². The number of hydrogen-bond acceptors (Lipinski definition) is 5. The van der Waals surface area contributed by atoms with Crippen molar-refractivity contribution < 1.29 is 4.39 Å². The summed E-state index contributed by atoms with van der Waals surface area (Å²) < 4.78 is 13.0. The third-order valence-corrected chi connectivity index (χ3v) is 5.66. The van der Waals surface area contributed by atoms with Crippen molar-refractivity contribution in [3.05, 3.63) is 69.2 Å². The van der Waals surface area contributed by atoms with Crippen LogP contribution in [0.25, 0.3) is 20.7 Å². The monoisotopic (exact) mass is 371 g/mol. The number of halogens is 1. The van der Waals surface area contributed by atoms with E-state index in [-0.39, 0.29) is 17.4 Å². The van der Waals surface area contributed by atoms with Crippen LogP contribution in [0.4, 0.5) is 10.1 Å². The molecule has 0 bridgehead atoms. The summed E-state index contributed by atoms with van der Waals surface area (Å²) in [5, 5.41) is 7.81. The van der Waals surface area contributed by atoms with Crippen molar-refractivity contribution >= 4 is 38.6 Å². The van der Waals surface area contributed by atoms with Gasteiger partial charge in [-0.15, -0.1) is 22.7 Å². The zero-order chi connectivity index (χ0) is 17.4. The van der Waals surface area contributed by atoms with Gasteiger partial charge in [0.25, 0.3) is 5.56 Å². The van der Waals surface area contributed by atoms with Crippen LogP contribution in [0, 0.1) is 5.82 Å². The van der Waals surface area contributed by atoms with E-state index in [9.17, 15) is 9.18 Å². The van der Waals surface area contributed by atoms with E-state index in [2.05, 4.69) is 15.3 Å². The number of thiophene rings is 2. The van der Waals surface area contributed by atoms with E-state index < -0.39 is 0 Å². The summed E-state index contributed by atoms with van der Waals surface area (Å²) in [5.41, 5.74) is 1.55. The Morgan fingerprint density at radius 3 is 2.72 bits per heavy atom. The van der Waals surface area contributed by atoms with E-state index in [1.807, 2.05) is 29.8 Å². The first-order valence-electron chi connectivity index (χ1n) is 7.69. The fraction of sp³-hybridized carbons (Fsp3) is 0.111. The molecule has 2 N–H and O–H groups in total. The van der Waals surface area contributed by atoms with Crippen LogP contribution in [0.15, 0.2) is 52.0 Å². The van der Waals surface area contributed by atoms with Crippen LogP contribution in [-0.2, 0) is 0 Å². The number of aromatic amines is 1. The lowest BCUT2D eigenvalue weighted by atomic mass is 10.2. The second-order valence-electron chi connectivity index (χ2n) is 5.63. The van der Waals surface area contributed by atoms with Crippen molar-refractivity contribution in [2.24, 2.45) is 0 Å². The van der Waals surface area contributed by atoms with Crippen molar-refractivity contribution in [3.8, 4) is 10.4 Å². The summed E-state index contributed by atoms with van der Waals surface area (Å²) in [6, 6.07) is 9.84. The lowest BCUT2D eigenvalue weighted by Gasteiger charge is -2.14. The van der Waals surface area contributed by atoms with Gasteiger partial charge in [0.05, 0.1) is 11.4 Å². The van der Waals surface area contributed by atoms with Gasteiger partial charge >= 0.3 is 0 Å². The predicted molar refractivity (Wildman–Crippen MR) is 102 cm³/mol. The van der Waals surface area contributed by atoms with Gasteiger partial charge in [0.1, 0.15) is 16.5 Å². The van der Waals surface area contributed by atoms with E-state index in [4.69, 9.17) is 0 Å². The molecular formula is C18H14FN3OS2. The average molecular weight is 371 g/mol. The van der Waals surface area contributed by atoms with Gasteiger partial charge in [0.15, 0.2) is 0 Å². The van der Waals surface area contributed by atoms with E-state index in [0.717, 1.165) is 21.0 Å². The number of nitrogens with one attached hydrogen (secondary N) is 2. The maximum absolute atomic E-state index is 13.0. The Morgan fingerprint density at radius 1 is 1.20 bits per heavy atom. The minimum absolute atomic E-state index is 0.141. The maximum atomic E-state index is 13.0. The van der Waals surface area contributed by atoms with Gasteiger partial charge in [0.2, 0.25) is 0 Å². The molecule has 1 aromatic carbocycles. The second kappa shape index (κ2) is 6.42. The van der Waals surface area contributed by atoms with Gasteiger partial charge in [-0.1, -0.05) is 6.07 Å². The molecule has 3 heterocycles. The van der Waals surface area contributed by atoms with E-state index in [1.165, 1.54) is 23.5 Å². The quantitative estimate of drug-likeness (QED) is 0.529. The highest BCUT2D eigenvalue weighted by atomic mass is 32.1. The molecule has 7 heteroatoms. The molecule has 0 radical (unpaired) electrons. The molecule has 126 valence electrons. The minimum atomic E-state index is -0.286. The minimum Gasteiger partial charge on any atom is -0.375 e. The number of fused-ring (bicyclic) bond motifs is 1. The van der Waals surface area contributed by atoms with Crippen LogP contribution in [0.5, 0.6) is 0 Å². The molecule has 4 rings (SSSR count). The van der Waals surface area contributed by atoms with E-state index in [1.54, 1.807) is 23.5 Å². The first-order valence-corrected chi connectivity index (χ1v) is 9.45. The van der Waals surface area contributed by atoms with Gasteiger partial charge in [-0.05, 0) is 42.6 Å². The highest BCUT2D eigenvalue weighted by Crippen LogP contribution is 2.33. The molecule has 0 aliphatic carbocycles. The molecule has 1 atom stereocenters. The molecule has 0 aliphatic heterocycles. The molecule has 0 aliphatic rings. The average Bonchev–Trinajstić information content (AvgIpc) is 3.25. The highest BCUT2D eigenvalue weighted by Gasteiger charge is 2.16. The maximum Gasteiger partial charge on any atom is 0.260 e. The molecular weight excluding hydrogens is 357 g/mol. The lowest BCUT2D eigenvalue weighted by molar-refractivity contribution is 0.628. The SMILES string of the molecule is C[C@@H](Nc1ccc(F)cc1)c1nc2scc(-c3cccs3)c2c(=O)[nH]1. The Hall–Kier alpha value is -2.51. The van der Waals surface area contributed by atoms with Gasteiger partial charge in [-0.3, -0.25) is 4.79 Å². The molecule has 0 amide bonds. The molecule has 0 saturated carbocycles. The Kier molecular flexibility index (Phi) is 4.10. The zero-order valence-corrected chi connectivity index (χ0v) is 14.9. The molecule has 0 unspecified atom stereocenters. The van der Waals surface area contributed by atoms with Crippen LogP contribution in [0.3, 0.4) is 0 Å². The van der Waals surface area contributed by atoms with Crippen LogP contribution in [0.2, 0.25) is 0 Å². The first-order chi connectivity index (χ1) is 12.1. The van der Waals surface area contributed by atoms with Crippen LogP contribution < -0.4 is 10.9 Å². The third kappa shape index (κ3) is 3.08. The van der Waals surface area contributed by atoms with Gasteiger partial charge in [-0.25, -0.2) is 9.37 Å². The number of nitrogens with zero attached hydrogens (tertiary/aromatic N) is 1. The predicted octanol–water partition coefficient (Wildman–Crippen LogP) is 5.03. The lowest BCUT2D eigenvalue weighted by Crippen LogP contribution is -2.17. The van der Waals surface area contributed by atoms with Crippen molar-refractivity contribution in [3.63, 3.8) is 0 Å². The van der Waals surface area contributed by atoms with Crippen molar-refractivity contribution in [2.75, 3.05) is 5.32 Å². The van der Waals surface area contributed by atoms with E-state index >= 15 is 0 Å². The normalized spacial score (nSPS) is 12.4. The van der Waals surface area contributed by atoms with Crippen molar-refractivity contribution in [1.29, 1.82) is 0 Å². The largest absolute Gasteiger partial charge is 0.375 e. The molecule has 4 nitrogen and oxygen atoms in total. The van der Waals surface area contributed by atoms with Crippen molar-refractivity contribution in [2.45, 2.75) is 13.0 Å². The summed E-state index contributed by atoms with van der Waals surface area (Å²) in [5.74, 6) is 0.271. The Bertz CT molecular complexity index is 1070. The molecule has 0 fully saturated rings. The Labute approximate surface area is 151 Å². The van der Waals surface area contributed by atoms with Crippen LogP contribution in [0.1, 0.15) is 18.8 Å². The number of benzene rings is 1. The van der Waals surface area contributed by atoms with E-state index in [0.29, 0.717) is 11.2 Å². The number of hydrogen-bond donors (Lipinski definition) is 2. The Balaban J connectivity index is 1.69. The summed E-state index contributed by atoms with van der Waals surface area (Å²) in [6.45, 7) is 1.90. The van der Waals surface area contributed by atoms with Gasteiger partial charge < -0.3 is 10.3 Å². The number of aromatic nitrogens is 2. The smallest absolute Gasteiger partial charge is 0.260 e. The topological polar surface area (TPSA) is 57.8 Å². The number of H-pyrrole nitrogens is 1. The molecule has 4 aromatic rings. The van der Waals surface area contributed by atoms with Gasteiger partial charge in [0, 0.05) is 21.5 Å². The zero-order valence-electron chi connectivity index (χ0n) is 13.2. The summed E-state index contributed by atoms with van der Waals surface area (Å²) >= 11 is 3.07. The van der Waals surface area contributed by atoms with Crippen LogP contribution >= 0.6 is 22.7 Å². The molecule has 25 heavy (non-hydrogen) atoms. The fourth-order valence-electron chi connectivity index (χ4n) is 2.65. The standard InChI is InChI=1S/C18H14FN3OS2/c1-10(20-12-6-4-11(19)5-7-12)16-21-17(23)15-13(9-25-18(15)22-16)14-3-2-8-24-14/h2-10,20H,1H3,(H,21,22,23)/t10-/m1/s1. The van der Waals surface area contributed by atoms with Crippen LogP contribution in [-0.4, -0.2) is 9.97 Å². The number of rotatable bonds is 4. The Morgan fingerprint density at radius 2 is 2.00 bits per heavy atom. The van der Waals surface area contributed by atoms with Crippen molar-refractivity contribution in [1.82, 2.24) is 9.97 Å². The second-order valence-corrected chi connectivity index (χ2v) is 7.44. The summed E-state index contributed by atoms with van der Waals surface area (Å²) in [6.07, 6.45) is 0. The molecule has 0 spiro atoms. The third-order valence-electron chi connectivity index (χ3n) is 3.89.